The van der Waals surface area contributed by atoms with Crippen molar-refractivity contribution < 1.29 is 9.18 Å². The fraction of sp³-hybridized carbons (Fsp3) is 0.524. The van der Waals surface area contributed by atoms with Gasteiger partial charge >= 0.3 is 0 Å². The lowest BCUT2D eigenvalue weighted by atomic mass is 9.79. The van der Waals surface area contributed by atoms with Gasteiger partial charge in [-0.3, -0.25) is 9.48 Å². The second kappa shape index (κ2) is 8.12. The predicted octanol–water partition coefficient (Wildman–Crippen LogP) is 2.46. The number of nitrogens with two attached hydrogens (primary N) is 2. The molecule has 1 heterocycles. The quantitative estimate of drug-likeness (QED) is 0.544. The highest BCUT2D eigenvalue weighted by molar-refractivity contribution is 5.98. The number of hydrogen-bond acceptors (Lipinski definition) is 5. The molecule has 156 valence electrons. The summed E-state index contributed by atoms with van der Waals surface area (Å²) in [6.07, 6.45) is 8.22. The topological polar surface area (TPSA) is 111 Å². The maximum absolute atomic E-state index is 13.2. The van der Waals surface area contributed by atoms with Crippen molar-refractivity contribution in [2.75, 3.05) is 18.4 Å². The van der Waals surface area contributed by atoms with Gasteiger partial charge in [-0.2, -0.15) is 5.10 Å². The van der Waals surface area contributed by atoms with Crippen molar-refractivity contribution in [2.45, 2.75) is 50.1 Å². The zero-order valence-corrected chi connectivity index (χ0v) is 16.5. The number of nitrogens with one attached hydrogen (secondary N) is 2. The first-order chi connectivity index (χ1) is 14.0. The average molecular weight is 401 g/mol. The molecule has 0 aliphatic heterocycles. The summed E-state index contributed by atoms with van der Waals surface area (Å²) in [5.41, 5.74) is 12.4. The van der Waals surface area contributed by atoms with E-state index in [1.165, 1.54) is 25.0 Å². The Morgan fingerprint density at radius 1 is 1.21 bits per heavy atom. The summed E-state index contributed by atoms with van der Waals surface area (Å²) < 4.78 is 15.0. The van der Waals surface area contributed by atoms with Gasteiger partial charge in [0, 0.05) is 24.5 Å². The molecule has 0 unspecified atom stereocenters. The van der Waals surface area contributed by atoms with Crippen molar-refractivity contribution in [1.29, 1.82) is 0 Å². The Morgan fingerprint density at radius 3 is 2.48 bits per heavy atom. The van der Waals surface area contributed by atoms with Gasteiger partial charge in [0.25, 0.3) is 5.91 Å². The summed E-state index contributed by atoms with van der Waals surface area (Å²) in [5.74, 6) is 0.338. The molecule has 1 aromatic heterocycles. The van der Waals surface area contributed by atoms with Crippen LogP contribution in [-0.4, -0.2) is 34.8 Å². The molecule has 0 radical (unpaired) electrons. The highest BCUT2D eigenvalue weighted by atomic mass is 19.1. The molecule has 4 rings (SSSR count). The second-order valence-corrected chi connectivity index (χ2v) is 8.39. The van der Waals surface area contributed by atoms with Crippen LogP contribution in [0.5, 0.6) is 0 Å². The molecule has 0 spiro atoms. The highest BCUT2D eigenvalue weighted by Crippen LogP contribution is 2.36. The van der Waals surface area contributed by atoms with Crippen LogP contribution >= 0.6 is 0 Å². The molecule has 1 aromatic carbocycles. The molecule has 8 heteroatoms. The minimum absolute atomic E-state index is 0.302. The van der Waals surface area contributed by atoms with Gasteiger partial charge < -0.3 is 22.1 Å². The van der Waals surface area contributed by atoms with Gasteiger partial charge in [0.1, 0.15) is 11.4 Å². The van der Waals surface area contributed by atoms with E-state index in [0.717, 1.165) is 38.1 Å². The van der Waals surface area contributed by atoms with Crippen LogP contribution in [0.1, 0.15) is 48.9 Å². The molecule has 29 heavy (non-hydrogen) atoms. The molecular weight excluding hydrogens is 371 g/mol. The summed E-state index contributed by atoms with van der Waals surface area (Å²) in [5, 5.41) is 11.4. The molecular formula is C21H29FN6O. The number of amides is 1. The van der Waals surface area contributed by atoms with Crippen molar-refractivity contribution in [3.8, 4) is 0 Å². The van der Waals surface area contributed by atoms with Crippen LogP contribution in [0.2, 0.25) is 0 Å². The summed E-state index contributed by atoms with van der Waals surface area (Å²) in [6, 6.07) is 6.39. The molecule has 2 aromatic rings. The summed E-state index contributed by atoms with van der Waals surface area (Å²) in [7, 11) is 0. The van der Waals surface area contributed by atoms with Crippen molar-refractivity contribution in [1.82, 2.24) is 15.1 Å². The zero-order valence-electron chi connectivity index (χ0n) is 16.5. The highest BCUT2D eigenvalue weighted by Gasteiger charge is 2.38. The van der Waals surface area contributed by atoms with Crippen molar-refractivity contribution in [3.05, 3.63) is 41.8 Å². The van der Waals surface area contributed by atoms with E-state index in [4.69, 9.17) is 11.5 Å². The number of carbonyl (C=O) groups is 1. The van der Waals surface area contributed by atoms with E-state index < -0.39 is 5.91 Å². The van der Waals surface area contributed by atoms with Gasteiger partial charge in [0.05, 0.1) is 5.54 Å². The van der Waals surface area contributed by atoms with E-state index >= 15 is 0 Å². The standard InChI is InChI=1S/C21H29FN6O/c22-15-3-5-17(6-4-15)26-20-18(19(24)29)12-28(27-20)21(13-23)9-7-16(8-10-21)25-11-14-1-2-14/h3-6,12,14,16,25H,1-2,7-11,13,23H2,(H2,24,29)(H,26,27). The number of primary amides is 1. The van der Waals surface area contributed by atoms with E-state index in [1.54, 1.807) is 18.3 Å². The smallest absolute Gasteiger partial charge is 0.254 e. The van der Waals surface area contributed by atoms with Crippen LogP contribution in [-0.2, 0) is 5.54 Å². The van der Waals surface area contributed by atoms with Crippen LogP contribution in [0.4, 0.5) is 15.9 Å². The minimum Gasteiger partial charge on any atom is -0.365 e. The molecule has 2 aliphatic rings. The molecule has 0 saturated heterocycles. The van der Waals surface area contributed by atoms with Crippen molar-refractivity contribution in [3.63, 3.8) is 0 Å². The molecule has 2 fully saturated rings. The first-order valence-electron chi connectivity index (χ1n) is 10.3. The van der Waals surface area contributed by atoms with E-state index in [2.05, 4.69) is 15.7 Å². The zero-order chi connectivity index (χ0) is 20.4. The van der Waals surface area contributed by atoms with E-state index in [-0.39, 0.29) is 11.4 Å². The first-order valence-corrected chi connectivity index (χ1v) is 10.3. The van der Waals surface area contributed by atoms with E-state index in [1.807, 2.05) is 4.68 Å². The molecule has 2 saturated carbocycles. The van der Waals surface area contributed by atoms with Gasteiger partial charge in [0.2, 0.25) is 0 Å². The molecule has 6 N–H and O–H groups in total. The lowest BCUT2D eigenvalue weighted by Gasteiger charge is -2.40. The fourth-order valence-electron chi connectivity index (χ4n) is 4.10. The monoisotopic (exact) mass is 400 g/mol. The molecule has 0 bridgehead atoms. The number of carbonyl (C=O) groups excluding carboxylic acids is 1. The molecule has 0 atom stereocenters. The number of benzene rings is 1. The summed E-state index contributed by atoms with van der Waals surface area (Å²) >= 11 is 0. The third-order valence-corrected chi connectivity index (χ3v) is 6.26. The van der Waals surface area contributed by atoms with Crippen molar-refractivity contribution in [2.24, 2.45) is 17.4 Å². The van der Waals surface area contributed by atoms with Crippen LogP contribution in [0.15, 0.2) is 30.5 Å². The minimum atomic E-state index is -0.562. The van der Waals surface area contributed by atoms with E-state index in [9.17, 15) is 9.18 Å². The Labute approximate surface area is 170 Å². The predicted molar refractivity (Wildman–Crippen MR) is 110 cm³/mol. The van der Waals surface area contributed by atoms with Crippen LogP contribution < -0.4 is 22.1 Å². The second-order valence-electron chi connectivity index (χ2n) is 8.39. The Morgan fingerprint density at radius 2 is 1.90 bits per heavy atom. The molecule has 2 aliphatic carbocycles. The average Bonchev–Trinajstić information content (AvgIpc) is 3.46. The van der Waals surface area contributed by atoms with Gasteiger partial charge in [-0.1, -0.05) is 0 Å². The number of anilines is 2. The number of rotatable bonds is 8. The van der Waals surface area contributed by atoms with Crippen LogP contribution in [0.3, 0.4) is 0 Å². The number of hydrogen-bond donors (Lipinski definition) is 4. The van der Waals surface area contributed by atoms with Gasteiger partial charge in [0.15, 0.2) is 5.82 Å². The van der Waals surface area contributed by atoms with Crippen molar-refractivity contribution >= 4 is 17.4 Å². The third kappa shape index (κ3) is 4.43. The van der Waals surface area contributed by atoms with Crippen LogP contribution in [0, 0.1) is 11.7 Å². The Balaban J connectivity index is 1.51. The van der Waals surface area contributed by atoms with Gasteiger partial charge in [-0.15, -0.1) is 0 Å². The SMILES string of the molecule is NCC1(n2cc(C(N)=O)c(Nc3ccc(F)cc3)n2)CCC(NCC2CC2)CC1. The molecule has 7 nitrogen and oxygen atoms in total. The lowest BCUT2D eigenvalue weighted by Crippen LogP contribution is -2.48. The van der Waals surface area contributed by atoms with Gasteiger partial charge in [-0.05, 0) is 75.3 Å². The maximum atomic E-state index is 13.2. The summed E-state index contributed by atoms with van der Waals surface area (Å²) in [4.78, 5) is 12.0. The fourth-order valence-corrected chi connectivity index (χ4v) is 4.10. The number of aromatic nitrogens is 2. The largest absolute Gasteiger partial charge is 0.365 e. The number of nitrogens with zero attached hydrogens (tertiary/aromatic N) is 2. The maximum Gasteiger partial charge on any atom is 0.254 e. The van der Waals surface area contributed by atoms with E-state index in [0.29, 0.717) is 29.7 Å². The number of halogens is 1. The molecule has 1 amide bonds. The Kier molecular flexibility index (Phi) is 5.56. The first kappa shape index (κ1) is 19.8. The third-order valence-electron chi connectivity index (χ3n) is 6.26. The summed E-state index contributed by atoms with van der Waals surface area (Å²) in [6.45, 7) is 1.55. The Hall–Kier alpha value is -2.45. The normalized spacial score (nSPS) is 24.4. The Bertz CT molecular complexity index is 853. The van der Waals surface area contributed by atoms with Crippen LogP contribution in [0.25, 0.3) is 0 Å². The lowest BCUT2D eigenvalue weighted by molar-refractivity contribution is 0.1000. The van der Waals surface area contributed by atoms with Gasteiger partial charge in [-0.25, -0.2) is 4.39 Å².